The second kappa shape index (κ2) is 7.22. The second-order valence-electron chi connectivity index (χ2n) is 5.35. The van der Waals surface area contributed by atoms with Gasteiger partial charge < -0.3 is 14.6 Å². The molecule has 0 aliphatic carbocycles. The van der Waals surface area contributed by atoms with Gasteiger partial charge in [-0.15, -0.1) is 11.3 Å². The van der Waals surface area contributed by atoms with Gasteiger partial charge in [0.05, 0.1) is 24.0 Å². The second-order valence-corrected chi connectivity index (χ2v) is 6.07. The molecule has 2 aromatic heterocycles. The van der Waals surface area contributed by atoms with Crippen LogP contribution in [0.1, 0.15) is 30.1 Å². The number of hydrogen-bond donors (Lipinski definition) is 1. The molecule has 0 unspecified atom stereocenters. The van der Waals surface area contributed by atoms with Gasteiger partial charge in [0.2, 0.25) is 5.91 Å². The zero-order valence-corrected chi connectivity index (χ0v) is 13.6. The smallest absolute Gasteiger partial charge is 0.287 e. The van der Waals surface area contributed by atoms with Crippen molar-refractivity contribution in [2.24, 2.45) is 5.92 Å². The zero-order chi connectivity index (χ0) is 16.1. The van der Waals surface area contributed by atoms with Gasteiger partial charge in [-0.1, -0.05) is 13.8 Å². The van der Waals surface area contributed by atoms with Crippen molar-refractivity contribution in [3.63, 3.8) is 0 Å². The van der Waals surface area contributed by atoms with E-state index in [2.05, 4.69) is 10.3 Å². The number of nitrogens with one attached hydrogen (secondary N) is 1. The summed E-state index contributed by atoms with van der Waals surface area (Å²) >= 11 is 1.49. The fraction of sp³-hybridized carbons (Fsp3) is 0.400. The minimum absolute atomic E-state index is 0.0377. The lowest BCUT2D eigenvalue weighted by Gasteiger charge is -2.26. The minimum atomic E-state index is -0.610. The molecule has 2 rings (SSSR count). The third-order valence-electron chi connectivity index (χ3n) is 3.22. The number of amides is 2. The fourth-order valence-corrected chi connectivity index (χ4v) is 2.56. The maximum absolute atomic E-state index is 12.6. The summed E-state index contributed by atoms with van der Waals surface area (Å²) in [5, 5.41) is 4.64. The van der Waals surface area contributed by atoms with Crippen LogP contribution < -0.4 is 5.32 Å². The molecule has 0 aromatic carbocycles. The highest BCUT2D eigenvalue weighted by Crippen LogP contribution is 2.11. The van der Waals surface area contributed by atoms with Crippen molar-refractivity contribution < 1.29 is 14.0 Å². The van der Waals surface area contributed by atoms with Crippen LogP contribution >= 0.6 is 11.3 Å². The Labute approximate surface area is 133 Å². The Hall–Kier alpha value is -2.15. The van der Waals surface area contributed by atoms with Gasteiger partial charge >= 0.3 is 0 Å². The van der Waals surface area contributed by atoms with E-state index in [1.807, 2.05) is 19.2 Å². The highest BCUT2D eigenvalue weighted by molar-refractivity contribution is 7.07. The van der Waals surface area contributed by atoms with E-state index in [0.717, 1.165) is 5.69 Å². The van der Waals surface area contributed by atoms with Crippen LogP contribution in [-0.4, -0.2) is 34.8 Å². The number of rotatable bonds is 6. The highest BCUT2D eigenvalue weighted by Gasteiger charge is 2.28. The molecule has 0 spiro atoms. The fourth-order valence-electron chi connectivity index (χ4n) is 2.01. The third-order valence-corrected chi connectivity index (χ3v) is 3.86. The summed E-state index contributed by atoms with van der Waals surface area (Å²) in [5.74, 6) is -0.382. The molecule has 2 heterocycles. The van der Waals surface area contributed by atoms with Crippen LogP contribution in [0.25, 0.3) is 0 Å². The molecule has 118 valence electrons. The molecule has 22 heavy (non-hydrogen) atoms. The van der Waals surface area contributed by atoms with Crippen LogP contribution in [0.5, 0.6) is 0 Å². The molecule has 2 amide bonds. The number of aromatic nitrogens is 1. The topological polar surface area (TPSA) is 75.4 Å². The summed E-state index contributed by atoms with van der Waals surface area (Å²) < 4.78 is 5.06. The molecular weight excluding hydrogens is 302 g/mol. The van der Waals surface area contributed by atoms with Crippen molar-refractivity contribution in [1.82, 2.24) is 15.2 Å². The number of thiazole rings is 1. The van der Waals surface area contributed by atoms with E-state index in [-0.39, 0.29) is 23.5 Å². The molecule has 1 atom stereocenters. The van der Waals surface area contributed by atoms with Gasteiger partial charge in [0.25, 0.3) is 5.91 Å². The van der Waals surface area contributed by atoms with E-state index in [9.17, 15) is 9.59 Å². The van der Waals surface area contributed by atoms with Gasteiger partial charge in [-0.3, -0.25) is 9.59 Å². The molecule has 0 saturated carbocycles. The van der Waals surface area contributed by atoms with Gasteiger partial charge in [-0.2, -0.15) is 0 Å². The lowest BCUT2D eigenvalue weighted by Crippen LogP contribution is -2.50. The summed E-state index contributed by atoms with van der Waals surface area (Å²) in [6.07, 6.45) is 1.43. The Balaban J connectivity index is 2.03. The number of likely N-dealkylation sites (N-methyl/N-ethyl adjacent to an activating group) is 1. The first-order valence-electron chi connectivity index (χ1n) is 6.95. The highest BCUT2D eigenvalue weighted by atomic mass is 32.1. The molecular formula is C15H19N3O3S. The SMILES string of the molecule is CC(C)[C@H](NC(=O)c1ccco1)C(=O)N(C)Cc1cscn1. The molecule has 0 fully saturated rings. The molecule has 6 nitrogen and oxygen atoms in total. The van der Waals surface area contributed by atoms with Crippen LogP contribution in [0, 0.1) is 5.92 Å². The van der Waals surface area contributed by atoms with Gasteiger partial charge in [0.1, 0.15) is 6.04 Å². The van der Waals surface area contributed by atoms with Crippen LogP contribution in [0.2, 0.25) is 0 Å². The number of carbonyl (C=O) groups is 2. The zero-order valence-electron chi connectivity index (χ0n) is 12.8. The van der Waals surface area contributed by atoms with Crippen LogP contribution in [0.3, 0.4) is 0 Å². The normalized spacial score (nSPS) is 12.2. The third kappa shape index (κ3) is 3.94. The first kappa shape index (κ1) is 16.2. The van der Waals surface area contributed by atoms with Gasteiger partial charge in [0.15, 0.2) is 5.76 Å². The summed E-state index contributed by atoms with van der Waals surface area (Å²) in [6, 6.07) is 2.59. The molecule has 0 aliphatic rings. The van der Waals surface area contributed by atoms with Gasteiger partial charge in [0, 0.05) is 12.4 Å². The summed E-state index contributed by atoms with van der Waals surface area (Å²) in [5.41, 5.74) is 2.56. The van der Waals surface area contributed by atoms with E-state index in [1.54, 1.807) is 29.6 Å². The Morgan fingerprint density at radius 1 is 1.45 bits per heavy atom. The van der Waals surface area contributed by atoms with Crippen LogP contribution in [-0.2, 0) is 11.3 Å². The van der Waals surface area contributed by atoms with Crippen molar-refractivity contribution in [1.29, 1.82) is 0 Å². The molecule has 1 N–H and O–H groups in total. The lowest BCUT2D eigenvalue weighted by molar-refractivity contribution is -0.133. The van der Waals surface area contributed by atoms with E-state index in [4.69, 9.17) is 4.42 Å². The Morgan fingerprint density at radius 2 is 2.23 bits per heavy atom. The molecule has 0 aliphatic heterocycles. The number of nitrogens with zero attached hydrogens (tertiary/aromatic N) is 2. The predicted molar refractivity (Wildman–Crippen MR) is 83.4 cm³/mol. The number of furan rings is 1. The maximum atomic E-state index is 12.6. The monoisotopic (exact) mass is 321 g/mol. The first-order valence-corrected chi connectivity index (χ1v) is 7.89. The quantitative estimate of drug-likeness (QED) is 0.884. The first-order chi connectivity index (χ1) is 10.5. The Bertz CT molecular complexity index is 608. The van der Waals surface area contributed by atoms with Crippen molar-refractivity contribution in [3.05, 3.63) is 40.7 Å². The number of hydrogen-bond acceptors (Lipinski definition) is 5. The Kier molecular flexibility index (Phi) is 5.32. The van der Waals surface area contributed by atoms with Gasteiger partial charge in [-0.05, 0) is 18.1 Å². The number of carbonyl (C=O) groups excluding carboxylic acids is 2. The largest absolute Gasteiger partial charge is 0.459 e. The van der Waals surface area contributed by atoms with E-state index < -0.39 is 6.04 Å². The van der Waals surface area contributed by atoms with Crippen LogP contribution in [0.15, 0.2) is 33.7 Å². The van der Waals surface area contributed by atoms with Crippen molar-refractivity contribution in [3.8, 4) is 0 Å². The lowest BCUT2D eigenvalue weighted by atomic mass is 10.0. The summed E-state index contributed by atoms with van der Waals surface area (Å²) in [4.78, 5) is 30.4. The maximum Gasteiger partial charge on any atom is 0.287 e. The summed E-state index contributed by atoms with van der Waals surface area (Å²) in [6.45, 7) is 4.20. The minimum Gasteiger partial charge on any atom is -0.459 e. The molecule has 0 bridgehead atoms. The molecule has 2 aromatic rings. The van der Waals surface area contributed by atoms with Crippen molar-refractivity contribution >= 4 is 23.2 Å². The molecule has 7 heteroatoms. The van der Waals surface area contributed by atoms with E-state index in [0.29, 0.717) is 6.54 Å². The van der Waals surface area contributed by atoms with E-state index >= 15 is 0 Å². The molecule has 0 saturated heterocycles. The van der Waals surface area contributed by atoms with E-state index in [1.165, 1.54) is 17.6 Å². The average molecular weight is 321 g/mol. The van der Waals surface area contributed by atoms with Crippen LogP contribution in [0.4, 0.5) is 0 Å². The standard InChI is InChI=1S/C15H19N3O3S/c1-10(2)13(17-14(19)12-5-4-6-21-12)15(20)18(3)7-11-8-22-9-16-11/h4-6,8-10,13H,7H2,1-3H3,(H,17,19)/t13-/m0/s1. The predicted octanol–water partition coefficient (Wildman–Crippen LogP) is 2.15. The van der Waals surface area contributed by atoms with Gasteiger partial charge in [-0.25, -0.2) is 4.98 Å². The van der Waals surface area contributed by atoms with Crippen molar-refractivity contribution in [2.45, 2.75) is 26.4 Å². The molecule has 0 radical (unpaired) electrons. The summed E-state index contributed by atoms with van der Waals surface area (Å²) in [7, 11) is 1.70. The average Bonchev–Trinajstić information content (AvgIpc) is 3.16. The Morgan fingerprint density at radius 3 is 2.77 bits per heavy atom. The van der Waals surface area contributed by atoms with Crippen molar-refractivity contribution in [2.75, 3.05) is 7.05 Å².